The zero-order chi connectivity index (χ0) is 73.4. The first-order valence-corrected chi connectivity index (χ1v) is 42.4. The molecule has 0 aromatic rings. The summed E-state index contributed by atoms with van der Waals surface area (Å²) in [7, 11) is -9.97. The van der Waals surface area contributed by atoms with Gasteiger partial charge in [0.1, 0.15) is 19.3 Å². The smallest absolute Gasteiger partial charge is 0.462 e. The molecular weight excluding hydrogens is 1310 g/mol. The molecule has 6 atom stereocenters. The van der Waals surface area contributed by atoms with Crippen LogP contribution in [-0.4, -0.2) is 96.7 Å². The number of hydrogen-bond acceptors (Lipinski definition) is 15. The summed E-state index contributed by atoms with van der Waals surface area (Å²) in [4.78, 5) is 72.9. The lowest BCUT2D eigenvalue weighted by molar-refractivity contribution is -0.161. The maximum Gasteiger partial charge on any atom is 0.472 e. The van der Waals surface area contributed by atoms with Gasteiger partial charge in [0.2, 0.25) is 0 Å². The fraction of sp³-hybridized carbons (Fsp3) is 0.753. The van der Waals surface area contributed by atoms with E-state index >= 15 is 0 Å². The lowest BCUT2D eigenvalue weighted by atomic mass is 10.0. The molecule has 19 heteroatoms. The number of phosphoric acid groups is 2. The number of esters is 4. The monoisotopic (exact) mass is 1450 g/mol. The van der Waals surface area contributed by atoms with Crippen LogP contribution in [0.4, 0.5) is 0 Å². The molecule has 0 aliphatic rings. The van der Waals surface area contributed by atoms with Gasteiger partial charge in [0.05, 0.1) is 26.4 Å². The van der Waals surface area contributed by atoms with Gasteiger partial charge in [-0.25, -0.2) is 9.13 Å². The van der Waals surface area contributed by atoms with Crippen LogP contribution in [-0.2, 0) is 65.4 Å². The third kappa shape index (κ3) is 71.0. The number of aliphatic hydroxyl groups is 1. The van der Waals surface area contributed by atoms with Crippen molar-refractivity contribution in [3.63, 3.8) is 0 Å². The Kier molecular flexibility index (Phi) is 69.1. The Hall–Kier alpha value is -4.02. The Balaban J connectivity index is 5.43. The van der Waals surface area contributed by atoms with Gasteiger partial charge in [-0.05, 0) is 154 Å². The summed E-state index contributed by atoms with van der Waals surface area (Å²) in [5, 5.41) is 10.6. The van der Waals surface area contributed by atoms with E-state index in [0.29, 0.717) is 31.6 Å². The predicted molar refractivity (Wildman–Crippen MR) is 409 cm³/mol. The second-order valence-corrected chi connectivity index (χ2v) is 29.4. The molecule has 0 spiro atoms. The van der Waals surface area contributed by atoms with E-state index in [2.05, 4.69) is 132 Å². The van der Waals surface area contributed by atoms with Crippen molar-refractivity contribution in [1.82, 2.24) is 0 Å². The minimum absolute atomic E-state index is 0.0679. The summed E-state index contributed by atoms with van der Waals surface area (Å²) in [5.74, 6) is -1.65. The van der Waals surface area contributed by atoms with Crippen LogP contribution in [0.15, 0.2) is 97.2 Å². The van der Waals surface area contributed by atoms with Crippen LogP contribution < -0.4 is 0 Å². The summed E-state index contributed by atoms with van der Waals surface area (Å²) in [6, 6.07) is 0. The molecule has 0 amide bonds. The quantitative estimate of drug-likeness (QED) is 0.0169. The first-order valence-electron chi connectivity index (χ1n) is 39.4. The topological polar surface area (TPSA) is 237 Å². The number of phosphoric ester groups is 2. The number of aliphatic hydroxyl groups excluding tert-OH is 1. The average Bonchev–Trinajstić information content (AvgIpc) is 0.929. The lowest BCUT2D eigenvalue weighted by Gasteiger charge is -2.21. The van der Waals surface area contributed by atoms with Gasteiger partial charge in [-0.3, -0.25) is 37.3 Å². The average molecular weight is 1450 g/mol. The second kappa shape index (κ2) is 71.9. The van der Waals surface area contributed by atoms with Crippen molar-refractivity contribution in [2.75, 3.05) is 39.6 Å². The highest BCUT2D eigenvalue weighted by molar-refractivity contribution is 7.47. The molecule has 6 unspecified atom stereocenters. The molecule has 0 saturated carbocycles. The molecule has 0 aromatic carbocycles. The van der Waals surface area contributed by atoms with E-state index in [0.717, 1.165) is 148 Å². The minimum atomic E-state index is -4.99. The summed E-state index contributed by atoms with van der Waals surface area (Å²) >= 11 is 0. The molecule has 0 fully saturated rings. The van der Waals surface area contributed by atoms with E-state index in [4.69, 9.17) is 37.0 Å². The molecule has 0 bridgehead atoms. The van der Waals surface area contributed by atoms with Crippen molar-refractivity contribution in [2.45, 2.75) is 348 Å². The fourth-order valence-corrected chi connectivity index (χ4v) is 12.0. The van der Waals surface area contributed by atoms with Gasteiger partial charge in [-0.15, -0.1) is 0 Å². The number of carbonyl (C=O) groups is 4. The molecule has 100 heavy (non-hydrogen) atoms. The standard InChI is InChI=1S/C81H142O17P2/c1-6-10-14-17-20-23-26-29-32-35-38-43-48-53-58-64-78(83)91-70-76(97-80(85)66-60-55-50-44-39-36-33-30-27-24-21-18-15-11-7-2)72-95-99(87,88)93-68-75(82)69-94-100(89,90)96-73-77(98-81(86)67-61-56-51-45-40-37-34-31-28-25-22-19-16-12-8-3)71-92-79(84)65-59-54-49-46-41-42-47-52-57-63-74(5)62-13-9-4/h23-28,32-37,42,47,57,63,74-77,82H,6-22,29-31,38-41,43-46,48-56,58-62,64-73H2,1-5H3,(H,87,88)(H,89,90). The van der Waals surface area contributed by atoms with Gasteiger partial charge in [0, 0.05) is 25.7 Å². The number of carbonyl (C=O) groups excluding carboxylic acids is 4. The van der Waals surface area contributed by atoms with Crippen LogP contribution >= 0.6 is 15.6 Å². The van der Waals surface area contributed by atoms with Crippen LogP contribution in [0, 0.1) is 5.92 Å². The molecule has 17 nitrogen and oxygen atoms in total. The zero-order valence-corrected chi connectivity index (χ0v) is 65.1. The minimum Gasteiger partial charge on any atom is -0.462 e. The van der Waals surface area contributed by atoms with Crippen LogP contribution in [0.5, 0.6) is 0 Å². The Bertz CT molecular complexity index is 2290. The molecule has 0 aromatic heterocycles. The molecule has 0 saturated heterocycles. The van der Waals surface area contributed by atoms with E-state index in [1.165, 1.54) is 96.3 Å². The van der Waals surface area contributed by atoms with E-state index in [1.54, 1.807) is 0 Å². The van der Waals surface area contributed by atoms with Gasteiger partial charge in [-0.2, -0.15) is 0 Å². The lowest BCUT2D eigenvalue weighted by Crippen LogP contribution is -2.30. The molecule has 0 radical (unpaired) electrons. The highest BCUT2D eigenvalue weighted by atomic mass is 31.2. The highest BCUT2D eigenvalue weighted by Crippen LogP contribution is 2.45. The van der Waals surface area contributed by atoms with Gasteiger partial charge in [0.25, 0.3) is 0 Å². The van der Waals surface area contributed by atoms with Crippen molar-refractivity contribution >= 4 is 39.5 Å². The Morgan fingerprint density at radius 3 is 0.880 bits per heavy atom. The number of rotatable bonds is 73. The Labute approximate surface area is 607 Å². The van der Waals surface area contributed by atoms with E-state index in [-0.39, 0.29) is 25.7 Å². The number of ether oxygens (including phenoxy) is 4. The number of unbranched alkanes of at least 4 members (excludes halogenated alkanes) is 29. The number of allylic oxidation sites excluding steroid dienone is 16. The van der Waals surface area contributed by atoms with Crippen molar-refractivity contribution in [3.8, 4) is 0 Å². The molecule has 0 aliphatic heterocycles. The van der Waals surface area contributed by atoms with Crippen LogP contribution in [0.25, 0.3) is 0 Å². The summed E-state index contributed by atoms with van der Waals surface area (Å²) in [6.45, 7) is 6.98. The third-order valence-electron chi connectivity index (χ3n) is 16.6. The predicted octanol–water partition coefficient (Wildman–Crippen LogP) is 22.6. The van der Waals surface area contributed by atoms with Crippen LogP contribution in [0.2, 0.25) is 0 Å². The molecule has 0 rings (SSSR count). The maximum atomic E-state index is 13.1. The maximum absolute atomic E-state index is 13.1. The molecule has 0 aliphatic carbocycles. The highest BCUT2D eigenvalue weighted by Gasteiger charge is 2.30. The van der Waals surface area contributed by atoms with Gasteiger partial charge >= 0.3 is 39.5 Å². The fourth-order valence-electron chi connectivity index (χ4n) is 10.4. The van der Waals surface area contributed by atoms with E-state index in [1.807, 2.05) is 0 Å². The van der Waals surface area contributed by atoms with E-state index in [9.17, 15) is 43.2 Å². The molecular formula is C81H142O17P2. The second-order valence-electron chi connectivity index (χ2n) is 26.5. The largest absolute Gasteiger partial charge is 0.472 e. The first-order chi connectivity index (χ1) is 48.6. The molecule has 0 heterocycles. The van der Waals surface area contributed by atoms with Crippen molar-refractivity contribution in [2.24, 2.45) is 5.92 Å². The summed E-state index contributed by atoms with van der Waals surface area (Å²) in [5.41, 5.74) is 0. The van der Waals surface area contributed by atoms with Gasteiger partial charge < -0.3 is 33.8 Å². The third-order valence-corrected chi connectivity index (χ3v) is 18.5. The number of hydrogen-bond donors (Lipinski definition) is 3. The zero-order valence-electron chi connectivity index (χ0n) is 63.3. The van der Waals surface area contributed by atoms with Gasteiger partial charge in [0.15, 0.2) is 12.2 Å². The van der Waals surface area contributed by atoms with Crippen molar-refractivity contribution < 1.29 is 80.2 Å². The Morgan fingerprint density at radius 1 is 0.320 bits per heavy atom. The van der Waals surface area contributed by atoms with Crippen molar-refractivity contribution in [1.29, 1.82) is 0 Å². The molecule has 578 valence electrons. The Morgan fingerprint density at radius 2 is 0.580 bits per heavy atom. The van der Waals surface area contributed by atoms with Gasteiger partial charge in [-0.1, -0.05) is 254 Å². The van der Waals surface area contributed by atoms with Crippen LogP contribution in [0.3, 0.4) is 0 Å². The van der Waals surface area contributed by atoms with Crippen LogP contribution in [0.1, 0.15) is 330 Å². The summed E-state index contributed by atoms with van der Waals surface area (Å²) < 4.78 is 68.5. The SMILES string of the molecule is CCCCCCC=CCC=CCCCCCCC(=O)OCC(COP(=O)(O)OCC(O)COP(=O)(O)OCC(COC(=O)CCCCCCC=CCC=CC(C)CCCC)OC(=O)CCCCCCC=CCC=CCCCCCC)OC(=O)CCCCCCC=CCC=CCCCCCC. The van der Waals surface area contributed by atoms with Crippen molar-refractivity contribution in [3.05, 3.63) is 97.2 Å². The normalized spacial score (nSPS) is 14.8. The van der Waals surface area contributed by atoms with E-state index < -0.39 is 97.5 Å². The summed E-state index contributed by atoms with van der Waals surface area (Å²) in [6.07, 6.45) is 74.2. The molecule has 3 N–H and O–H groups in total. The first kappa shape index (κ1) is 96.0.